The highest BCUT2D eigenvalue weighted by molar-refractivity contribution is 5.51. The molecule has 1 heterocycles. The lowest BCUT2D eigenvalue weighted by molar-refractivity contribution is -0.216. The van der Waals surface area contributed by atoms with E-state index < -0.39 is 0 Å². The van der Waals surface area contributed by atoms with Crippen molar-refractivity contribution in [2.24, 2.45) is 5.92 Å². The lowest BCUT2D eigenvalue weighted by Crippen LogP contribution is -2.39. The summed E-state index contributed by atoms with van der Waals surface area (Å²) in [5.41, 5.74) is 0.198. The van der Waals surface area contributed by atoms with Crippen molar-refractivity contribution in [1.82, 2.24) is 5.06 Å². The predicted octanol–water partition coefficient (Wildman–Crippen LogP) is 1.14. The highest BCUT2D eigenvalue weighted by atomic mass is 16.7. The summed E-state index contributed by atoms with van der Waals surface area (Å²) in [6.45, 7) is 6.58. The van der Waals surface area contributed by atoms with Gasteiger partial charge in [0.05, 0.1) is 5.60 Å². The Balaban J connectivity index is 2.64. The van der Waals surface area contributed by atoms with Crippen LogP contribution >= 0.6 is 0 Å². The van der Waals surface area contributed by atoms with Crippen molar-refractivity contribution in [2.45, 2.75) is 39.2 Å². The topological polar surface area (TPSA) is 49.8 Å². The highest BCUT2D eigenvalue weighted by Gasteiger charge is 2.27. The first-order chi connectivity index (χ1) is 6.96. The Morgan fingerprint density at radius 2 is 2.27 bits per heavy atom. The van der Waals surface area contributed by atoms with Crippen molar-refractivity contribution in [2.75, 3.05) is 13.2 Å². The number of allylic oxidation sites excluding steroid dienone is 1. The zero-order chi connectivity index (χ0) is 11.5. The van der Waals surface area contributed by atoms with E-state index in [0.717, 1.165) is 6.42 Å². The summed E-state index contributed by atoms with van der Waals surface area (Å²) in [5.74, 6) is 2.07. The van der Waals surface area contributed by atoms with E-state index >= 15 is 0 Å². The van der Waals surface area contributed by atoms with Crippen molar-refractivity contribution in [3.05, 3.63) is 5.70 Å². The third kappa shape index (κ3) is 3.67. The first-order valence-electron chi connectivity index (χ1n) is 5.28. The number of hydrogen-bond acceptors (Lipinski definition) is 4. The maximum Gasteiger partial charge on any atom is 0.148 e. The quantitative estimate of drug-likeness (QED) is 0.699. The predicted molar refractivity (Wildman–Crippen MR) is 56.6 cm³/mol. The van der Waals surface area contributed by atoms with Crippen LogP contribution in [0.1, 0.15) is 33.6 Å². The molecule has 1 N–H and O–H groups in total. The molecule has 1 unspecified atom stereocenters. The normalized spacial score (nSPS) is 22.8. The Morgan fingerprint density at radius 3 is 2.73 bits per heavy atom. The number of piperidine rings is 1. The molecule has 1 saturated heterocycles. The lowest BCUT2D eigenvalue weighted by Gasteiger charge is -2.36. The van der Waals surface area contributed by atoms with Crippen molar-refractivity contribution < 1.29 is 14.7 Å². The first-order valence-corrected chi connectivity index (χ1v) is 5.28. The van der Waals surface area contributed by atoms with Crippen LogP contribution in [0.4, 0.5) is 0 Å². The fourth-order valence-electron chi connectivity index (χ4n) is 1.59. The number of hydrogen-bond donors (Lipinski definition) is 1. The highest BCUT2D eigenvalue weighted by Crippen LogP contribution is 2.26. The Bertz CT molecular complexity index is 263. The second-order valence-corrected chi connectivity index (χ2v) is 4.90. The first kappa shape index (κ1) is 12.2. The average Bonchev–Trinajstić information content (AvgIpc) is 2.16. The summed E-state index contributed by atoms with van der Waals surface area (Å²) < 4.78 is 0. The summed E-state index contributed by atoms with van der Waals surface area (Å²) in [5, 5.41) is 10.6. The van der Waals surface area contributed by atoms with Crippen LogP contribution in [-0.2, 0) is 9.63 Å². The van der Waals surface area contributed by atoms with E-state index in [1.807, 2.05) is 26.7 Å². The van der Waals surface area contributed by atoms with Crippen LogP contribution in [0.25, 0.3) is 0 Å². The molecule has 1 aliphatic rings. The number of rotatable bonds is 2. The van der Waals surface area contributed by atoms with Gasteiger partial charge in [0.2, 0.25) is 0 Å². The zero-order valence-electron chi connectivity index (χ0n) is 9.62. The molecule has 15 heavy (non-hydrogen) atoms. The number of hydroxylamine groups is 2. The monoisotopic (exact) mass is 213 g/mol. The minimum atomic E-state index is -0.311. The molecule has 0 radical (unpaired) electrons. The summed E-state index contributed by atoms with van der Waals surface area (Å²) >= 11 is 0. The van der Waals surface area contributed by atoms with E-state index in [2.05, 4.69) is 0 Å². The van der Waals surface area contributed by atoms with E-state index in [4.69, 9.17) is 9.94 Å². The van der Waals surface area contributed by atoms with E-state index in [0.29, 0.717) is 18.7 Å². The van der Waals surface area contributed by atoms with Gasteiger partial charge in [0.25, 0.3) is 0 Å². The summed E-state index contributed by atoms with van der Waals surface area (Å²) in [4.78, 5) is 16.4. The number of nitrogens with zero attached hydrogens (tertiary/aromatic N) is 1. The van der Waals surface area contributed by atoms with Gasteiger partial charge in [-0.3, -0.25) is 4.84 Å². The average molecular weight is 213 g/mol. The molecule has 4 nitrogen and oxygen atoms in total. The number of aliphatic hydroxyl groups is 1. The largest absolute Gasteiger partial charge is 0.396 e. The Labute approximate surface area is 90.5 Å². The fourth-order valence-corrected chi connectivity index (χ4v) is 1.59. The molecule has 1 rings (SSSR count). The molecule has 0 aliphatic carbocycles. The molecule has 0 aromatic rings. The molecule has 86 valence electrons. The van der Waals surface area contributed by atoms with Gasteiger partial charge in [-0.05, 0) is 33.1 Å². The Hall–Kier alpha value is -0.830. The molecule has 0 saturated carbocycles. The van der Waals surface area contributed by atoms with Crippen LogP contribution in [0, 0.1) is 5.92 Å². The molecule has 0 amide bonds. The SMILES string of the molecule is CC(C)(C)ON1CCC(CO)CC1=C=O. The van der Waals surface area contributed by atoms with E-state index in [9.17, 15) is 4.79 Å². The summed E-state index contributed by atoms with van der Waals surface area (Å²) in [7, 11) is 0. The number of carbonyl (C=O) groups excluding carboxylic acids is 1. The van der Waals surface area contributed by atoms with Gasteiger partial charge in [-0.15, -0.1) is 0 Å². The third-order valence-corrected chi connectivity index (χ3v) is 2.28. The molecule has 0 bridgehead atoms. The van der Waals surface area contributed by atoms with Crippen molar-refractivity contribution in [1.29, 1.82) is 0 Å². The van der Waals surface area contributed by atoms with Crippen LogP contribution < -0.4 is 0 Å². The molecular weight excluding hydrogens is 194 g/mol. The van der Waals surface area contributed by atoms with Crippen LogP contribution in [-0.4, -0.2) is 34.9 Å². The summed E-state index contributed by atoms with van der Waals surface area (Å²) in [6, 6.07) is 0. The molecule has 4 heteroatoms. The Kier molecular flexibility index (Phi) is 3.91. The maximum atomic E-state index is 10.8. The van der Waals surface area contributed by atoms with Crippen molar-refractivity contribution in [3.8, 4) is 0 Å². The van der Waals surface area contributed by atoms with Crippen LogP contribution in [0.2, 0.25) is 0 Å². The fraction of sp³-hybridized carbons (Fsp3) is 0.818. The lowest BCUT2D eigenvalue weighted by atomic mass is 9.97. The van der Waals surface area contributed by atoms with Crippen LogP contribution in [0.5, 0.6) is 0 Å². The van der Waals surface area contributed by atoms with Gasteiger partial charge in [0.15, 0.2) is 0 Å². The zero-order valence-corrected chi connectivity index (χ0v) is 9.62. The second kappa shape index (κ2) is 4.79. The minimum absolute atomic E-state index is 0.120. The maximum absolute atomic E-state index is 10.8. The van der Waals surface area contributed by atoms with Gasteiger partial charge in [-0.25, -0.2) is 9.86 Å². The molecular formula is C11H19NO3. The molecule has 0 aromatic heterocycles. The summed E-state index contributed by atoms with van der Waals surface area (Å²) in [6.07, 6.45) is 1.40. The van der Waals surface area contributed by atoms with Gasteiger partial charge >= 0.3 is 0 Å². The van der Waals surface area contributed by atoms with Crippen molar-refractivity contribution >= 4 is 5.94 Å². The molecule has 1 aliphatic heterocycles. The van der Waals surface area contributed by atoms with E-state index in [-0.39, 0.29) is 18.1 Å². The second-order valence-electron chi connectivity index (χ2n) is 4.90. The van der Waals surface area contributed by atoms with Gasteiger partial charge in [0.1, 0.15) is 11.6 Å². The minimum Gasteiger partial charge on any atom is -0.396 e. The van der Waals surface area contributed by atoms with Crippen LogP contribution in [0.15, 0.2) is 5.70 Å². The van der Waals surface area contributed by atoms with Gasteiger partial charge < -0.3 is 5.11 Å². The molecule has 0 spiro atoms. The molecule has 1 atom stereocenters. The third-order valence-electron chi connectivity index (χ3n) is 2.28. The van der Waals surface area contributed by atoms with Gasteiger partial charge in [0, 0.05) is 19.6 Å². The van der Waals surface area contributed by atoms with E-state index in [1.165, 1.54) is 0 Å². The van der Waals surface area contributed by atoms with E-state index in [1.54, 1.807) is 5.06 Å². The van der Waals surface area contributed by atoms with Crippen molar-refractivity contribution in [3.63, 3.8) is 0 Å². The smallest absolute Gasteiger partial charge is 0.148 e. The molecule has 1 fully saturated rings. The van der Waals surface area contributed by atoms with Crippen LogP contribution in [0.3, 0.4) is 0 Å². The Morgan fingerprint density at radius 1 is 1.60 bits per heavy atom. The molecule has 0 aromatic carbocycles. The van der Waals surface area contributed by atoms with Gasteiger partial charge in [-0.1, -0.05) is 0 Å². The standard InChI is InChI=1S/C11H19NO3/c1-11(2,3)15-12-5-4-9(7-13)6-10(12)8-14/h9,13H,4-7H2,1-3H3. The van der Waals surface area contributed by atoms with Gasteiger partial charge in [-0.2, -0.15) is 0 Å². The number of aliphatic hydroxyl groups excluding tert-OH is 1.